The summed E-state index contributed by atoms with van der Waals surface area (Å²) in [7, 11) is 0. The number of benzene rings is 2. The number of aliphatic hydroxyl groups is 1. The van der Waals surface area contributed by atoms with Gasteiger partial charge in [0.1, 0.15) is 0 Å². The van der Waals surface area contributed by atoms with E-state index < -0.39 is 30.4 Å². The molecule has 0 aliphatic heterocycles. The summed E-state index contributed by atoms with van der Waals surface area (Å²) in [5.41, 5.74) is 0.216. The van der Waals surface area contributed by atoms with Crippen LogP contribution in [0.15, 0.2) is 42.5 Å². The molecule has 2 N–H and O–H groups in total. The lowest BCUT2D eigenvalue weighted by Crippen LogP contribution is -2.49. The van der Waals surface area contributed by atoms with Crippen molar-refractivity contribution in [1.82, 2.24) is 4.90 Å². The van der Waals surface area contributed by atoms with Crippen molar-refractivity contribution in [3.8, 4) is 0 Å². The van der Waals surface area contributed by atoms with Gasteiger partial charge < -0.3 is 10.2 Å². The maximum Gasteiger partial charge on any atom is 0.329 e. The molecule has 0 bridgehead atoms. The summed E-state index contributed by atoms with van der Waals surface area (Å²) >= 11 is 0. The number of carboxylic acid groups (broad SMARTS) is 1. The fourth-order valence-corrected chi connectivity index (χ4v) is 2.32. The number of rotatable bonds is 4. The van der Waals surface area contributed by atoms with Gasteiger partial charge in [0.2, 0.25) is 5.91 Å². The van der Waals surface area contributed by atoms with Gasteiger partial charge in [-0.2, -0.15) is 0 Å². The second kappa shape index (κ2) is 6.36. The molecule has 0 aliphatic carbocycles. The molecule has 114 valence electrons. The second-order valence-electron chi connectivity index (χ2n) is 4.76. The molecule has 0 aromatic heterocycles. The first kappa shape index (κ1) is 15.7. The van der Waals surface area contributed by atoms with Gasteiger partial charge in [-0.15, -0.1) is 0 Å². The third-order valence-electron chi connectivity index (χ3n) is 3.35. The van der Waals surface area contributed by atoms with Gasteiger partial charge in [0.25, 0.3) is 5.91 Å². The first-order chi connectivity index (χ1) is 10.5. The highest BCUT2D eigenvalue weighted by Crippen LogP contribution is 2.21. The first-order valence-electron chi connectivity index (χ1n) is 6.63. The third kappa shape index (κ3) is 2.82. The highest BCUT2D eigenvalue weighted by molar-refractivity contribution is 6.13. The molecule has 0 fully saturated rings. The maximum absolute atomic E-state index is 12.6. The molecule has 1 atom stereocenters. The minimum Gasteiger partial charge on any atom is -0.480 e. The van der Waals surface area contributed by atoms with Crippen molar-refractivity contribution in [3.63, 3.8) is 0 Å². The predicted molar refractivity (Wildman–Crippen MR) is 79.3 cm³/mol. The number of hydrogen-bond donors (Lipinski definition) is 2. The number of hydrogen-bond acceptors (Lipinski definition) is 4. The average molecular weight is 301 g/mol. The van der Waals surface area contributed by atoms with E-state index in [9.17, 15) is 19.5 Å². The molecule has 22 heavy (non-hydrogen) atoms. The zero-order valence-electron chi connectivity index (χ0n) is 11.9. The molecule has 2 rings (SSSR count). The average Bonchev–Trinajstić information content (AvgIpc) is 2.50. The molecule has 0 radical (unpaired) electrons. The van der Waals surface area contributed by atoms with E-state index in [1.54, 1.807) is 18.2 Å². The topological polar surface area (TPSA) is 94.9 Å². The Morgan fingerprint density at radius 2 is 1.73 bits per heavy atom. The van der Waals surface area contributed by atoms with E-state index >= 15 is 0 Å². The van der Waals surface area contributed by atoms with Crippen LogP contribution in [-0.2, 0) is 9.59 Å². The van der Waals surface area contributed by atoms with Crippen molar-refractivity contribution in [2.75, 3.05) is 6.61 Å². The van der Waals surface area contributed by atoms with Gasteiger partial charge in [-0.1, -0.05) is 36.4 Å². The van der Waals surface area contributed by atoms with Gasteiger partial charge in [0.15, 0.2) is 6.04 Å². The standard InChI is InChI=1S/C16H15NO5/c1-10(19)17(14(9-18)16(21)22)15(20)13-8-4-6-11-5-2-3-7-12(11)13/h2-8,14,18H,9H2,1H3,(H,21,22). The van der Waals surface area contributed by atoms with E-state index in [1.165, 1.54) is 6.07 Å². The van der Waals surface area contributed by atoms with Gasteiger partial charge >= 0.3 is 5.97 Å². The van der Waals surface area contributed by atoms with Crippen LogP contribution in [-0.4, -0.2) is 45.5 Å². The smallest absolute Gasteiger partial charge is 0.329 e. The number of fused-ring (bicyclic) bond motifs is 1. The Bertz CT molecular complexity index is 735. The van der Waals surface area contributed by atoms with Crippen LogP contribution in [0.1, 0.15) is 17.3 Å². The van der Waals surface area contributed by atoms with Crippen molar-refractivity contribution in [2.45, 2.75) is 13.0 Å². The molecule has 2 amide bonds. The predicted octanol–water partition coefficient (Wildman–Crippen LogP) is 1.27. The lowest BCUT2D eigenvalue weighted by atomic mass is 10.0. The van der Waals surface area contributed by atoms with E-state index in [0.717, 1.165) is 12.3 Å². The Balaban J connectivity index is 2.55. The minimum atomic E-state index is -1.61. The molecule has 0 spiro atoms. The Morgan fingerprint density at radius 1 is 1.09 bits per heavy atom. The highest BCUT2D eigenvalue weighted by atomic mass is 16.4. The fraction of sp³-hybridized carbons (Fsp3) is 0.188. The molecule has 1 unspecified atom stereocenters. The van der Waals surface area contributed by atoms with E-state index in [1.807, 2.05) is 18.2 Å². The van der Waals surface area contributed by atoms with Crippen molar-refractivity contribution in [3.05, 3.63) is 48.0 Å². The van der Waals surface area contributed by atoms with Gasteiger partial charge in [0.05, 0.1) is 6.61 Å². The molecule has 0 saturated heterocycles. The van der Waals surface area contributed by atoms with E-state index in [4.69, 9.17) is 5.11 Å². The summed E-state index contributed by atoms with van der Waals surface area (Å²) in [6.07, 6.45) is 0. The molecule has 6 nitrogen and oxygen atoms in total. The summed E-state index contributed by atoms with van der Waals surface area (Å²) in [6, 6.07) is 10.5. The van der Waals surface area contributed by atoms with E-state index in [2.05, 4.69) is 0 Å². The van der Waals surface area contributed by atoms with Gasteiger partial charge in [-0.05, 0) is 16.8 Å². The number of nitrogens with zero attached hydrogens (tertiary/aromatic N) is 1. The Labute approximate surface area is 126 Å². The van der Waals surface area contributed by atoms with Crippen LogP contribution in [0.3, 0.4) is 0 Å². The largest absolute Gasteiger partial charge is 0.480 e. The zero-order valence-corrected chi connectivity index (χ0v) is 11.9. The van der Waals surface area contributed by atoms with E-state index in [0.29, 0.717) is 10.3 Å². The Kier molecular flexibility index (Phi) is 4.53. The molecular weight excluding hydrogens is 286 g/mol. The third-order valence-corrected chi connectivity index (χ3v) is 3.35. The van der Waals surface area contributed by atoms with E-state index in [-0.39, 0.29) is 5.56 Å². The highest BCUT2D eigenvalue weighted by Gasteiger charge is 2.33. The molecule has 2 aromatic rings. The van der Waals surface area contributed by atoms with Crippen molar-refractivity contribution in [2.24, 2.45) is 0 Å². The van der Waals surface area contributed by atoms with Gasteiger partial charge in [0, 0.05) is 12.5 Å². The Morgan fingerprint density at radius 3 is 2.32 bits per heavy atom. The minimum absolute atomic E-state index is 0.216. The van der Waals surface area contributed by atoms with Crippen LogP contribution in [0, 0.1) is 0 Å². The molecule has 6 heteroatoms. The summed E-state index contributed by atoms with van der Waals surface area (Å²) in [5.74, 6) is -2.92. The quantitative estimate of drug-likeness (QED) is 0.887. The van der Waals surface area contributed by atoms with Crippen LogP contribution < -0.4 is 0 Å². The second-order valence-corrected chi connectivity index (χ2v) is 4.76. The SMILES string of the molecule is CC(=O)N(C(=O)c1cccc2ccccc12)C(CO)C(=O)O. The number of imide groups is 1. The van der Waals surface area contributed by atoms with Crippen molar-refractivity contribution in [1.29, 1.82) is 0 Å². The van der Waals surface area contributed by atoms with Crippen LogP contribution in [0.2, 0.25) is 0 Å². The van der Waals surface area contributed by atoms with Gasteiger partial charge in [-0.3, -0.25) is 14.5 Å². The summed E-state index contributed by atoms with van der Waals surface area (Å²) in [6.45, 7) is 0.250. The van der Waals surface area contributed by atoms with Gasteiger partial charge in [-0.25, -0.2) is 4.79 Å². The maximum atomic E-state index is 12.6. The molecule has 0 aliphatic rings. The molecular formula is C16H15NO5. The van der Waals surface area contributed by atoms with Crippen LogP contribution in [0.25, 0.3) is 10.8 Å². The summed E-state index contributed by atoms with van der Waals surface area (Å²) in [5, 5.41) is 19.7. The number of aliphatic hydroxyl groups excluding tert-OH is 1. The number of carbonyl (C=O) groups is 3. The lowest BCUT2D eigenvalue weighted by molar-refractivity contribution is -0.148. The fourth-order valence-electron chi connectivity index (χ4n) is 2.32. The molecule has 0 heterocycles. The lowest BCUT2D eigenvalue weighted by Gasteiger charge is -2.25. The molecule has 2 aromatic carbocycles. The number of aliphatic carboxylic acids is 1. The zero-order chi connectivity index (χ0) is 16.3. The summed E-state index contributed by atoms with van der Waals surface area (Å²) < 4.78 is 0. The molecule has 0 saturated carbocycles. The number of carboxylic acids is 1. The van der Waals surface area contributed by atoms with Crippen molar-refractivity contribution >= 4 is 28.6 Å². The van der Waals surface area contributed by atoms with Crippen LogP contribution >= 0.6 is 0 Å². The summed E-state index contributed by atoms with van der Waals surface area (Å²) in [4.78, 5) is 36.1. The number of amides is 2. The normalized spacial score (nSPS) is 11.9. The van der Waals surface area contributed by atoms with Crippen LogP contribution in [0.5, 0.6) is 0 Å². The van der Waals surface area contributed by atoms with Crippen molar-refractivity contribution < 1.29 is 24.6 Å². The Hall–Kier alpha value is -2.73. The number of carbonyl (C=O) groups excluding carboxylic acids is 2. The van der Waals surface area contributed by atoms with Crippen LogP contribution in [0.4, 0.5) is 0 Å². The first-order valence-corrected chi connectivity index (χ1v) is 6.63. The monoisotopic (exact) mass is 301 g/mol.